The summed E-state index contributed by atoms with van der Waals surface area (Å²) < 4.78 is 0. The van der Waals surface area contributed by atoms with Crippen LogP contribution in [0.4, 0.5) is 0 Å². The van der Waals surface area contributed by atoms with Gasteiger partial charge in [-0.2, -0.15) is 11.8 Å². The predicted molar refractivity (Wildman–Crippen MR) is 53.0 cm³/mol. The minimum atomic E-state index is -0.952. The topological polar surface area (TPSA) is 50.2 Å². The van der Waals surface area contributed by atoms with Crippen LogP contribution in [-0.4, -0.2) is 21.8 Å². The Kier molecular flexibility index (Phi) is 3.76. The van der Waals surface area contributed by atoms with E-state index in [1.54, 1.807) is 23.9 Å². The van der Waals surface area contributed by atoms with E-state index in [1.165, 1.54) is 6.20 Å². The quantitative estimate of drug-likeness (QED) is 0.802. The van der Waals surface area contributed by atoms with Crippen molar-refractivity contribution in [2.75, 3.05) is 5.75 Å². The third-order valence-corrected chi connectivity index (χ3v) is 2.48. The van der Waals surface area contributed by atoms with Crippen LogP contribution in [0.2, 0.25) is 0 Å². The maximum atomic E-state index is 10.7. The van der Waals surface area contributed by atoms with E-state index in [9.17, 15) is 4.79 Å². The van der Waals surface area contributed by atoms with Crippen LogP contribution in [0.25, 0.3) is 0 Å². The molecule has 0 atom stereocenters. The summed E-state index contributed by atoms with van der Waals surface area (Å²) in [5, 5.41) is 8.79. The van der Waals surface area contributed by atoms with Gasteiger partial charge < -0.3 is 5.11 Å². The Morgan fingerprint density at radius 2 is 2.46 bits per heavy atom. The normalized spacial score (nSPS) is 9.92. The molecule has 0 saturated heterocycles. The average molecular weight is 197 g/mol. The molecule has 1 N–H and O–H groups in total. The molecule has 0 amide bonds. The Labute approximate surface area is 81.2 Å². The van der Waals surface area contributed by atoms with Crippen molar-refractivity contribution < 1.29 is 9.90 Å². The van der Waals surface area contributed by atoms with E-state index in [4.69, 9.17) is 5.11 Å². The molecular formula is C9H11NO2S. The van der Waals surface area contributed by atoms with Gasteiger partial charge in [0.25, 0.3) is 0 Å². The van der Waals surface area contributed by atoms with E-state index in [0.29, 0.717) is 5.75 Å². The maximum absolute atomic E-state index is 10.7. The summed E-state index contributed by atoms with van der Waals surface area (Å²) in [4.78, 5) is 14.5. The minimum Gasteiger partial charge on any atom is -0.477 e. The lowest BCUT2D eigenvalue weighted by Gasteiger charge is -2.02. The van der Waals surface area contributed by atoms with Gasteiger partial charge in [0, 0.05) is 11.9 Å². The molecule has 0 radical (unpaired) electrons. The molecule has 1 rings (SSSR count). The summed E-state index contributed by atoms with van der Waals surface area (Å²) in [6.07, 6.45) is 1.50. The minimum absolute atomic E-state index is 0.170. The van der Waals surface area contributed by atoms with E-state index in [-0.39, 0.29) is 5.69 Å². The van der Waals surface area contributed by atoms with Crippen molar-refractivity contribution in [1.82, 2.24) is 4.98 Å². The van der Waals surface area contributed by atoms with Crippen LogP contribution in [0, 0.1) is 0 Å². The summed E-state index contributed by atoms with van der Waals surface area (Å²) in [5.74, 6) is 0.743. The van der Waals surface area contributed by atoms with Gasteiger partial charge in [-0.3, -0.25) is 0 Å². The molecule has 1 heterocycles. The van der Waals surface area contributed by atoms with Crippen LogP contribution in [0.5, 0.6) is 0 Å². The summed E-state index contributed by atoms with van der Waals surface area (Å²) in [5.41, 5.74) is 0.963. The van der Waals surface area contributed by atoms with Gasteiger partial charge in [0.05, 0.1) is 0 Å². The highest BCUT2D eigenvalue weighted by molar-refractivity contribution is 7.98. The Hall–Kier alpha value is -1.03. The van der Waals surface area contributed by atoms with Crippen molar-refractivity contribution >= 4 is 17.7 Å². The average Bonchev–Trinajstić information content (AvgIpc) is 2.15. The van der Waals surface area contributed by atoms with Crippen molar-refractivity contribution in [2.45, 2.75) is 12.7 Å². The van der Waals surface area contributed by atoms with Gasteiger partial charge in [-0.05, 0) is 17.4 Å². The SMILES string of the molecule is CCSCc1cccnc1C(=O)O. The lowest BCUT2D eigenvalue weighted by molar-refractivity contribution is 0.0689. The van der Waals surface area contributed by atoms with Crippen LogP contribution in [-0.2, 0) is 5.75 Å². The number of aromatic carboxylic acids is 1. The number of thioether (sulfide) groups is 1. The fraction of sp³-hybridized carbons (Fsp3) is 0.333. The summed E-state index contributed by atoms with van der Waals surface area (Å²) in [6.45, 7) is 2.04. The third-order valence-electron chi connectivity index (χ3n) is 1.56. The second-order valence-electron chi connectivity index (χ2n) is 2.45. The van der Waals surface area contributed by atoms with E-state index < -0.39 is 5.97 Å². The van der Waals surface area contributed by atoms with Crippen LogP contribution in [0.1, 0.15) is 23.0 Å². The van der Waals surface area contributed by atoms with Crippen molar-refractivity contribution in [3.8, 4) is 0 Å². The first kappa shape index (κ1) is 10.1. The summed E-state index contributed by atoms with van der Waals surface area (Å²) in [6, 6.07) is 3.57. The van der Waals surface area contributed by atoms with Gasteiger partial charge >= 0.3 is 5.97 Å². The molecular weight excluding hydrogens is 186 g/mol. The number of hydrogen-bond donors (Lipinski definition) is 1. The first-order chi connectivity index (χ1) is 6.25. The molecule has 0 spiro atoms. The molecule has 0 aliphatic carbocycles. The van der Waals surface area contributed by atoms with Crippen molar-refractivity contribution in [3.63, 3.8) is 0 Å². The van der Waals surface area contributed by atoms with Gasteiger partial charge in [-0.25, -0.2) is 9.78 Å². The Bertz CT molecular complexity index is 301. The third kappa shape index (κ3) is 2.73. The molecule has 0 saturated carbocycles. The number of nitrogens with zero attached hydrogens (tertiary/aromatic N) is 1. The Balaban J connectivity index is 2.84. The number of carboxylic acid groups (broad SMARTS) is 1. The van der Waals surface area contributed by atoms with Crippen LogP contribution in [0.15, 0.2) is 18.3 Å². The zero-order chi connectivity index (χ0) is 9.68. The zero-order valence-electron chi connectivity index (χ0n) is 7.36. The molecule has 1 aromatic rings. The monoisotopic (exact) mass is 197 g/mol. The van der Waals surface area contributed by atoms with Gasteiger partial charge in [0.15, 0.2) is 5.69 Å². The number of aromatic nitrogens is 1. The van der Waals surface area contributed by atoms with Gasteiger partial charge in [-0.1, -0.05) is 13.0 Å². The van der Waals surface area contributed by atoms with Gasteiger partial charge in [0.1, 0.15) is 0 Å². The van der Waals surface area contributed by atoms with Crippen LogP contribution in [0.3, 0.4) is 0 Å². The lowest BCUT2D eigenvalue weighted by atomic mass is 10.2. The van der Waals surface area contributed by atoms with E-state index >= 15 is 0 Å². The number of carboxylic acids is 1. The molecule has 13 heavy (non-hydrogen) atoms. The molecule has 4 heteroatoms. The van der Waals surface area contributed by atoms with Crippen molar-refractivity contribution in [2.24, 2.45) is 0 Å². The standard InChI is InChI=1S/C9H11NO2S/c1-2-13-6-7-4-3-5-10-8(7)9(11)12/h3-5H,2,6H2,1H3,(H,11,12). The lowest BCUT2D eigenvalue weighted by Crippen LogP contribution is -2.04. The van der Waals surface area contributed by atoms with E-state index in [1.807, 2.05) is 6.92 Å². The van der Waals surface area contributed by atoms with Crippen molar-refractivity contribution in [3.05, 3.63) is 29.6 Å². The number of hydrogen-bond acceptors (Lipinski definition) is 3. The van der Waals surface area contributed by atoms with E-state index in [0.717, 1.165) is 11.3 Å². The van der Waals surface area contributed by atoms with E-state index in [2.05, 4.69) is 4.98 Å². The molecule has 70 valence electrons. The van der Waals surface area contributed by atoms with Crippen LogP contribution >= 0.6 is 11.8 Å². The first-order valence-electron chi connectivity index (χ1n) is 4.00. The van der Waals surface area contributed by atoms with Gasteiger partial charge in [0.2, 0.25) is 0 Å². The van der Waals surface area contributed by atoms with Crippen molar-refractivity contribution in [1.29, 1.82) is 0 Å². The second-order valence-corrected chi connectivity index (χ2v) is 3.73. The maximum Gasteiger partial charge on any atom is 0.354 e. The highest BCUT2D eigenvalue weighted by atomic mass is 32.2. The molecule has 0 aromatic carbocycles. The molecule has 3 nitrogen and oxygen atoms in total. The fourth-order valence-electron chi connectivity index (χ4n) is 0.960. The fourth-order valence-corrected chi connectivity index (χ4v) is 1.62. The highest BCUT2D eigenvalue weighted by Crippen LogP contribution is 2.14. The summed E-state index contributed by atoms with van der Waals surface area (Å²) in [7, 11) is 0. The zero-order valence-corrected chi connectivity index (χ0v) is 8.17. The molecule has 0 aliphatic heterocycles. The second kappa shape index (κ2) is 4.87. The predicted octanol–water partition coefficient (Wildman–Crippen LogP) is 2.03. The molecule has 1 aromatic heterocycles. The number of pyridine rings is 1. The highest BCUT2D eigenvalue weighted by Gasteiger charge is 2.09. The molecule has 0 fully saturated rings. The van der Waals surface area contributed by atoms with Gasteiger partial charge in [-0.15, -0.1) is 0 Å². The molecule has 0 aliphatic rings. The van der Waals surface area contributed by atoms with Crippen LogP contribution < -0.4 is 0 Å². The smallest absolute Gasteiger partial charge is 0.354 e. The molecule has 0 bridgehead atoms. The molecule has 0 unspecified atom stereocenters. The Morgan fingerprint density at radius 1 is 1.69 bits per heavy atom. The number of rotatable bonds is 4. The largest absolute Gasteiger partial charge is 0.477 e. The first-order valence-corrected chi connectivity index (χ1v) is 5.16. The number of carbonyl (C=O) groups is 1. The Morgan fingerprint density at radius 3 is 3.08 bits per heavy atom. The summed E-state index contributed by atoms with van der Waals surface area (Å²) >= 11 is 1.69.